The summed E-state index contributed by atoms with van der Waals surface area (Å²) in [6.07, 6.45) is 2.72. The van der Waals surface area contributed by atoms with E-state index in [0.29, 0.717) is 5.92 Å². The highest BCUT2D eigenvalue weighted by molar-refractivity contribution is 7.17. The minimum absolute atomic E-state index is 0.132. The molecule has 0 aromatic carbocycles. The Morgan fingerprint density at radius 1 is 1.44 bits per heavy atom. The number of aliphatic hydroxyl groups excluding tert-OH is 1. The maximum absolute atomic E-state index is 9.51. The van der Waals surface area contributed by atoms with E-state index in [9.17, 15) is 5.11 Å². The molecule has 4 nitrogen and oxygen atoms in total. The normalized spacial score (nSPS) is 23.7. The Morgan fingerprint density at radius 2 is 2.33 bits per heavy atom. The van der Waals surface area contributed by atoms with Gasteiger partial charge in [-0.05, 0) is 48.2 Å². The van der Waals surface area contributed by atoms with Crippen molar-refractivity contribution in [1.82, 2.24) is 9.97 Å². The van der Waals surface area contributed by atoms with Crippen molar-refractivity contribution in [1.29, 1.82) is 0 Å². The Morgan fingerprint density at radius 3 is 3.11 bits per heavy atom. The standard InChI is InChI=1S/C12H14ClN3OS/c13-12-15-9-3-4-18-10(9)11(16-12)14-6-7-1-2-8(17)5-7/h3-4,7-8,17H,1-2,5-6H2,(H,14,15,16). The van der Waals surface area contributed by atoms with Crippen molar-refractivity contribution in [3.63, 3.8) is 0 Å². The molecule has 2 heterocycles. The largest absolute Gasteiger partial charge is 0.393 e. The van der Waals surface area contributed by atoms with Crippen molar-refractivity contribution >= 4 is 39.0 Å². The molecule has 2 aromatic heterocycles. The summed E-state index contributed by atoms with van der Waals surface area (Å²) in [4.78, 5) is 8.42. The van der Waals surface area contributed by atoms with Crippen LogP contribution in [0.2, 0.25) is 5.28 Å². The molecule has 1 aliphatic rings. The first kappa shape index (κ1) is 12.1. The number of hydrogen-bond donors (Lipinski definition) is 2. The predicted octanol–water partition coefficient (Wildman–Crippen LogP) is 2.92. The summed E-state index contributed by atoms with van der Waals surface area (Å²) in [7, 11) is 0. The zero-order chi connectivity index (χ0) is 12.5. The third-order valence-corrected chi connectivity index (χ3v) is 4.43. The van der Waals surface area contributed by atoms with E-state index < -0.39 is 0 Å². The van der Waals surface area contributed by atoms with E-state index in [1.807, 2.05) is 11.4 Å². The van der Waals surface area contributed by atoms with Crippen molar-refractivity contribution in [3.05, 3.63) is 16.7 Å². The van der Waals surface area contributed by atoms with Gasteiger partial charge in [0.15, 0.2) is 0 Å². The number of halogens is 1. The summed E-state index contributed by atoms with van der Waals surface area (Å²) in [5.74, 6) is 1.32. The topological polar surface area (TPSA) is 58.0 Å². The lowest BCUT2D eigenvalue weighted by atomic mass is 10.1. The fourth-order valence-electron chi connectivity index (χ4n) is 2.43. The molecule has 0 bridgehead atoms. The number of rotatable bonds is 3. The third kappa shape index (κ3) is 2.43. The lowest BCUT2D eigenvalue weighted by Gasteiger charge is -2.11. The fraction of sp³-hybridized carbons (Fsp3) is 0.500. The second-order valence-corrected chi connectivity index (χ2v) is 5.94. The molecule has 96 valence electrons. The molecule has 18 heavy (non-hydrogen) atoms. The van der Waals surface area contributed by atoms with Crippen LogP contribution in [0.1, 0.15) is 19.3 Å². The average molecular weight is 284 g/mol. The van der Waals surface area contributed by atoms with Crippen molar-refractivity contribution in [3.8, 4) is 0 Å². The highest BCUT2D eigenvalue weighted by atomic mass is 35.5. The number of aliphatic hydroxyl groups is 1. The first-order valence-electron chi connectivity index (χ1n) is 6.05. The van der Waals surface area contributed by atoms with Gasteiger partial charge in [0.25, 0.3) is 0 Å². The molecular weight excluding hydrogens is 270 g/mol. The van der Waals surface area contributed by atoms with Gasteiger partial charge in [-0.3, -0.25) is 0 Å². The zero-order valence-electron chi connectivity index (χ0n) is 9.77. The Hall–Kier alpha value is -0.910. The molecule has 3 rings (SSSR count). The van der Waals surface area contributed by atoms with Gasteiger partial charge in [0, 0.05) is 6.54 Å². The van der Waals surface area contributed by atoms with Crippen LogP contribution in [0.3, 0.4) is 0 Å². The van der Waals surface area contributed by atoms with Crippen molar-refractivity contribution in [2.45, 2.75) is 25.4 Å². The number of anilines is 1. The third-order valence-electron chi connectivity index (χ3n) is 3.35. The molecule has 0 amide bonds. The fourth-order valence-corrected chi connectivity index (χ4v) is 3.40. The van der Waals surface area contributed by atoms with E-state index >= 15 is 0 Å². The molecule has 2 aromatic rings. The molecule has 1 fully saturated rings. The monoisotopic (exact) mass is 283 g/mol. The maximum atomic E-state index is 9.51. The second-order valence-electron chi connectivity index (χ2n) is 4.69. The summed E-state index contributed by atoms with van der Waals surface area (Å²) < 4.78 is 1.04. The summed E-state index contributed by atoms with van der Waals surface area (Å²) in [6.45, 7) is 0.831. The lowest BCUT2D eigenvalue weighted by molar-refractivity contribution is 0.178. The van der Waals surface area contributed by atoms with Gasteiger partial charge < -0.3 is 10.4 Å². The predicted molar refractivity (Wildman–Crippen MR) is 74.3 cm³/mol. The van der Waals surface area contributed by atoms with Crippen LogP contribution in [-0.2, 0) is 0 Å². The molecule has 2 atom stereocenters. The summed E-state index contributed by atoms with van der Waals surface area (Å²) in [6, 6.07) is 1.94. The minimum atomic E-state index is -0.132. The molecule has 0 saturated heterocycles. The van der Waals surface area contributed by atoms with Gasteiger partial charge in [0.1, 0.15) is 5.82 Å². The van der Waals surface area contributed by atoms with Crippen molar-refractivity contribution in [2.24, 2.45) is 5.92 Å². The first-order valence-corrected chi connectivity index (χ1v) is 7.31. The van der Waals surface area contributed by atoms with Crippen LogP contribution >= 0.6 is 22.9 Å². The van der Waals surface area contributed by atoms with Crippen molar-refractivity contribution < 1.29 is 5.11 Å². The smallest absolute Gasteiger partial charge is 0.224 e. The van der Waals surface area contributed by atoms with Gasteiger partial charge in [-0.15, -0.1) is 11.3 Å². The van der Waals surface area contributed by atoms with Gasteiger partial charge in [-0.25, -0.2) is 4.98 Å². The molecule has 2 unspecified atom stereocenters. The van der Waals surface area contributed by atoms with E-state index in [2.05, 4.69) is 15.3 Å². The Balaban J connectivity index is 1.75. The van der Waals surface area contributed by atoms with Crippen LogP contribution < -0.4 is 5.32 Å². The van der Waals surface area contributed by atoms with Gasteiger partial charge in [0.2, 0.25) is 5.28 Å². The minimum Gasteiger partial charge on any atom is -0.393 e. The van der Waals surface area contributed by atoms with Gasteiger partial charge in [-0.1, -0.05) is 0 Å². The van der Waals surface area contributed by atoms with E-state index in [1.165, 1.54) is 0 Å². The summed E-state index contributed by atoms with van der Waals surface area (Å²) >= 11 is 7.51. The van der Waals surface area contributed by atoms with Gasteiger partial charge in [-0.2, -0.15) is 4.98 Å². The van der Waals surface area contributed by atoms with Gasteiger partial charge in [0.05, 0.1) is 16.3 Å². The first-order chi connectivity index (χ1) is 8.72. The van der Waals surface area contributed by atoms with Gasteiger partial charge >= 0.3 is 0 Å². The van der Waals surface area contributed by atoms with Crippen LogP contribution in [0.5, 0.6) is 0 Å². The van der Waals surface area contributed by atoms with Crippen LogP contribution in [0, 0.1) is 5.92 Å². The Labute approximate surface area is 114 Å². The van der Waals surface area contributed by atoms with E-state index in [0.717, 1.165) is 41.8 Å². The summed E-state index contributed by atoms with van der Waals surface area (Å²) in [5, 5.41) is 15.1. The molecule has 1 aliphatic carbocycles. The lowest BCUT2D eigenvalue weighted by Crippen LogP contribution is -2.13. The SMILES string of the molecule is OC1CCC(CNc2nc(Cl)nc3ccsc23)C1. The molecule has 6 heteroatoms. The zero-order valence-corrected chi connectivity index (χ0v) is 11.3. The van der Waals surface area contributed by atoms with Crippen molar-refractivity contribution in [2.75, 3.05) is 11.9 Å². The van der Waals surface area contributed by atoms with Crippen LogP contribution in [-0.4, -0.2) is 27.7 Å². The summed E-state index contributed by atoms with van der Waals surface area (Å²) in [5.41, 5.74) is 0.883. The molecule has 0 spiro atoms. The molecular formula is C12H14ClN3OS. The van der Waals surface area contributed by atoms with E-state index in [1.54, 1.807) is 11.3 Å². The number of hydrogen-bond acceptors (Lipinski definition) is 5. The van der Waals surface area contributed by atoms with Crippen LogP contribution in [0.15, 0.2) is 11.4 Å². The van der Waals surface area contributed by atoms with E-state index in [-0.39, 0.29) is 11.4 Å². The number of aromatic nitrogens is 2. The average Bonchev–Trinajstić information content (AvgIpc) is 2.94. The molecule has 1 saturated carbocycles. The number of fused-ring (bicyclic) bond motifs is 1. The Bertz CT molecular complexity index is 559. The maximum Gasteiger partial charge on any atom is 0.224 e. The van der Waals surface area contributed by atoms with E-state index in [4.69, 9.17) is 11.6 Å². The molecule has 0 radical (unpaired) electrons. The quantitative estimate of drug-likeness (QED) is 0.851. The number of thiophene rings is 1. The number of nitrogens with zero attached hydrogens (tertiary/aromatic N) is 2. The van der Waals surface area contributed by atoms with Crippen LogP contribution in [0.4, 0.5) is 5.82 Å². The second kappa shape index (κ2) is 4.99. The Kier molecular flexibility index (Phi) is 3.37. The van der Waals surface area contributed by atoms with Crippen LogP contribution in [0.25, 0.3) is 10.2 Å². The number of nitrogens with one attached hydrogen (secondary N) is 1. The highest BCUT2D eigenvalue weighted by Crippen LogP contribution is 2.29. The highest BCUT2D eigenvalue weighted by Gasteiger charge is 2.22. The molecule has 2 N–H and O–H groups in total. The molecule has 0 aliphatic heterocycles.